The summed E-state index contributed by atoms with van der Waals surface area (Å²) in [6.45, 7) is 1.89. The predicted octanol–water partition coefficient (Wildman–Crippen LogP) is 3.31. The van der Waals surface area contributed by atoms with Gasteiger partial charge in [-0.15, -0.1) is 0 Å². The van der Waals surface area contributed by atoms with E-state index in [4.69, 9.17) is 4.74 Å². The Labute approximate surface area is 103 Å². The quantitative estimate of drug-likeness (QED) is 0.884. The molecular weight excluding hydrogens is 245 g/mol. The van der Waals surface area contributed by atoms with Crippen LogP contribution < -0.4 is 0 Å². The van der Waals surface area contributed by atoms with Gasteiger partial charge in [0.1, 0.15) is 6.10 Å². The average molecular weight is 260 g/mol. The lowest BCUT2D eigenvalue weighted by molar-refractivity contribution is -0.137. The van der Waals surface area contributed by atoms with Gasteiger partial charge in [-0.1, -0.05) is 12.1 Å². The molecule has 1 aromatic carbocycles. The fourth-order valence-corrected chi connectivity index (χ4v) is 2.18. The molecule has 1 aliphatic rings. The number of alkyl halides is 3. The molecule has 2 rings (SSSR count). The van der Waals surface area contributed by atoms with E-state index in [1.165, 1.54) is 12.1 Å². The van der Waals surface area contributed by atoms with Gasteiger partial charge < -0.3 is 9.84 Å². The molecule has 1 aromatic rings. The molecule has 100 valence electrons. The van der Waals surface area contributed by atoms with Crippen LogP contribution in [0.2, 0.25) is 0 Å². The van der Waals surface area contributed by atoms with Gasteiger partial charge >= 0.3 is 6.18 Å². The molecule has 1 aliphatic heterocycles. The number of hydrogen-bond donors (Lipinski definition) is 1. The van der Waals surface area contributed by atoms with E-state index < -0.39 is 23.9 Å². The fourth-order valence-electron chi connectivity index (χ4n) is 2.18. The molecule has 1 heterocycles. The largest absolute Gasteiger partial charge is 0.416 e. The van der Waals surface area contributed by atoms with Gasteiger partial charge in [0.2, 0.25) is 0 Å². The maximum Gasteiger partial charge on any atom is 0.416 e. The van der Waals surface area contributed by atoms with Crippen LogP contribution in [-0.2, 0) is 10.9 Å². The van der Waals surface area contributed by atoms with Crippen molar-refractivity contribution in [1.29, 1.82) is 0 Å². The summed E-state index contributed by atoms with van der Waals surface area (Å²) in [5, 5.41) is 10.0. The third kappa shape index (κ3) is 2.84. The van der Waals surface area contributed by atoms with Crippen LogP contribution >= 0.6 is 0 Å². The summed E-state index contributed by atoms with van der Waals surface area (Å²) in [5.74, 6) is 0. The van der Waals surface area contributed by atoms with E-state index in [9.17, 15) is 18.3 Å². The Hall–Kier alpha value is -1.07. The molecule has 1 fully saturated rings. The molecule has 0 bridgehead atoms. The number of halogens is 3. The van der Waals surface area contributed by atoms with Crippen molar-refractivity contribution in [3.63, 3.8) is 0 Å². The van der Waals surface area contributed by atoms with Gasteiger partial charge in [-0.2, -0.15) is 13.2 Å². The molecule has 2 nitrogen and oxygen atoms in total. The summed E-state index contributed by atoms with van der Waals surface area (Å²) in [6, 6.07) is 4.78. The third-order valence-electron chi connectivity index (χ3n) is 3.17. The summed E-state index contributed by atoms with van der Waals surface area (Å²) in [4.78, 5) is 0. The van der Waals surface area contributed by atoms with E-state index in [0.29, 0.717) is 6.42 Å². The smallest absolute Gasteiger partial charge is 0.386 e. The minimum Gasteiger partial charge on any atom is -0.386 e. The molecule has 18 heavy (non-hydrogen) atoms. The van der Waals surface area contributed by atoms with Gasteiger partial charge in [-0.05, 0) is 37.5 Å². The van der Waals surface area contributed by atoms with Crippen molar-refractivity contribution in [2.75, 3.05) is 0 Å². The monoisotopic (exact) mass is 260 g/mol. The molecule has 0 aromatic heterocycles. The first-order chi connectivity index (χ1) is 8.38. The molecule has 0 aliphatic carbocycles. The van der Waals surface area contributed by atoms with E-state index >= 15 is 0 Å². The summed E-state index contributed by atoms with van der Waals surface area (Å²) < 4.78 is 43.1. The standard InChI is InChI=1S/C13H15F3O2/c1-8-5-6-11(18-8)12(17)9-3-2-4-10(7-9)13(14,15)16/h2-4,7-8,11-12,17H,5-6H2,1H3. The van der Waals surface area contributed by atoms with Crippen molar-refractivity contribution in [2.24, 2.45) is 0 Å². The Bertz CT molecular complexity index is 417. The molecule has 1 saturated heterocycles. The minimum atomic E-state index is -4.39. The first-order valence-corrected chi connectivity index (χ1v) is 5.88. The lowest BCUT2D eigenvalue weighted by atomic mass is 10.00. The average Bonchev–Trinajstić information content (AvgIpc) is 2.74. The summed E-state index contributed by atoms with van der Waals surface area (Å²) in [5.41, 5.74) is -0.492. The van der Waals surface area contributed by atoms with E-state index in [1.807, 2.05) is 6.92 Å². The SMILES string of the molecule is CC1CCC(C(O)c2cccc(C(F)(F)F)c2)O1. The second-order valence-corrected chi connectivity index (χ2v) is 4.63. The Kier molecular flexibility index (Phi) is 3.64. The predicted molar refractivity (Wildman–Crippen MR) is 60.0 cm³/mol. The highest BCUT2D eigenvalue weighted by Crippen LogP contribution is 2.34. The molecule has 0 amide bonds. The van der Waals surface area contributed by atoms with Crippen LogP contribution in [0.5, 0.6) is 0 Å². The highest BCUT2D eigenvalue weighted by atomic mass is 19.4. The van der Waals surface area contributed by atoms with Crippen molar-refractivity contribution in [1.82, 2.24) is 0 Å². The number of aliphatic hydroxyl groups is 1. The van der Waals surface area contributed by atoms with Crippen molar-refractivity contribution >= 4 is 0 Å². The van der Waals surface area contributed by atoms with Gasteiger partial charge in [0.25, 0.3) is 0 Å². The molecule has 0 spiro atoms. The number of rotatable bonds is 2. The zero-order valence-corrected chi connectivity index (χ0v) is 9.95. The maximum atomic E-state index is 12.6. The molecule has 5 heteroatoms. The van der Waals surface area contributed by atoms with Crippen molar-refractivity contribution < 1.29 is 23.0 Å². The molecule has 3 atom stereocenters. The van der Waals surface area contributed by atoms with E-state index in [-0.39, 0.29) is 11.7 Å². The summed E-state index contributed by atoms with van der Waals surface area (Å²) in [7, 11) is 0. The summed E-state index contributed by atoms with van der Waals surface area (Å²) >= 11 is 0. The lowest BCUT2D eigenvalue weighted by Gasteiger charge is -2.19. The van der Waals surface area contributed by atoms with Gasteiger partial charge in [-0.3, -0.25) is 0 Å². The first-order valence-electron chi connectivity index (χ1n) is 5.88. The van der Waals surface area contributed by atoms with Crippen LogP contribution in [-0.4, -0.2) is 17.3 Å². The number of ether oxygens (including phenoxy) is 1. The van der Waals surface area contributed by atoms with Gasteiger partial charge in [-0.25, -0.2) is 0 Å². The fraction of sp³-hybridized carbons (Fsp3) is 0.538. The van der Waals surface area contributed by atoms with Gasteiger partial charge in [0, 0.05) is 0 Å². The van der Waals surface area contributed by atoms with Gasteiger partial charge in [0.05, 0.1) is 17.8 Å². The maximum absolute atomic E-state index is 12.6. The Balaban J connectivity index is 2.18. The first kappa shape index (κ1) is 13.4. The number of benzene rings is 1. The van der Waals surface area contributed by atoms with Gasteiger partial charge in [0.15, 0.2) is 0 Å². The number of aliphatic hydroxyl groups excluding tert-OH is 1. The second kappa shape index (κ2) is 4.90. The highest BCUT2D eigenvalue weighted by molar-refractivity contribution is 5.27. The van der Waals surface area contributed by atoms with E-state index in [1.54, 1.807) is 0 Å². The molecular formula is C13H15F3O2. The molecule has 3 unspecified atom stereocenters. The molecule has 0 saturated carbocycles. The van der Waals surface area contributed by atoms with E-state index in [0.717, 1.165) is 18.6 Å². The molecule has 0 radical (unpaired) electrons. The highest BCUT2D eigenvalue weighted by Gasteiger charge is 2.33. The lowest BCUT2D eigenvalue weighted by Crippen LogP contribution is -2.19. The Morgan fingerprint density at radius 2 is 2.06 bits per heavy atom. The Morgan fingerprint density at radius 3 is 2.61 bits per heavy atom. The van der Waals surface area contributed by atoms with Crippen molar-refractivity contribution in [3.8, 4) is 0 Å². The van der Waals surface area contributed by atoms with Crippen LogP contribution in [0.3, 0.4) is 0 Å². The third-order valence-corrected chi connectivity index (χ3v) is 3.17. The van der Waals surface area contributed by atoms with Crippen molar-refractivity contribution in [2.45, 2.75) is 44.3 Å². The van der Waals surface area contributed by atoms with Crippen LogP contribution in [0.4, 0.5) is 13.2 Å². The van der Waals surface area contributed by atoms with Crippen LogP contribution in [0.25, 0.3) is 0 Å². The zero-order valence-electron chi connectivity index (χ0n) is 9.95. The Morgan fingerprint density at radius 1 is 1.33 bits per heavy atom. The molecule has 1 N–H and O–H groups in total. The van der Waals surface area contributed by atoms with Crippen molar-refractivity contribution in [3.05, 3.63) is 35.4 Å². The minimum absolute atomic E-state index is 0.0513. The number of hydrogen-bond acceptors (Lipinski definition) is 2. The van der Waals surface area contributed by atoms with Crippen LogP contribution in [0.1, 0.15) is 37.0 Å². The van der Waals surface area contributed by atoms with E-state index in [2.05, 4.69) is 0 Å². The topological polar surface area (TPSA) is 29.5 Å². The van der Waals surface area contributed by atoms with Crippen LogP contribution in [0.15, 0.2) is 24.3 Å². The zero-order chi connectivity index (χ0) is 13.3. The summed E-state index contributed by atoms with van der Waals surface area (Å²) in [6.07, 6.45) is -4.27. The second-order valence-electron chi connectivity index (χ2n) is 4.63. The van der Waals surface area contributed by atoms with Crippen LogP contribution in [0, 0.1) is 0 Å². The normalized spacial score (nSPS) is 26.3.